The molecule has 0 aliphatic rings. The van der Waals surface area contributed by atoms with Gasteiger partial charge in [0.25, 0.3) is 10.0 Å². The Bertz CT molecular complexity index is 1310. The standard InChI is InChI=1S/C18H16N4O3S4/c1-2-22-14-9-8-13(10-15(14)27-18(22)23)29(24,25)21-16-19-20-17(28-16)26-11-12-6-4-3-5-7-12/h3-10H,2,11H2,1H3,(H,19,21). The molecule has 7 nitrogen and oxygen atoms in total. The van der Waals surface area contributed by atoms with Crippen LogP contribution in [0.25, 0.3) is 10.2 Å². The summed E-state index contributed by atoms with van der Waals surface area (Å²) in [5, 5.41) is 8.19. The van der Waals surface area contributed by atoms with Gasteiger partial charge in [-0.2, -0.15) is 0 Å². The van der Waals surface area contributed by atoms with Crippen LogP contribution in [0.3, 0.4) is 0 Å². The molecule has 1 N–H and O–H groups in total. The van der Waals surface area contributed by atoms with Crippen molar-refractivity contribution in [3.05, 3.63) is 63.8 Å². The van der Waals surface area contributed by atoms with Crippen LogP contribution in [-0.2, 0) is 22.3 Å². The topological polar surface area (TPSA) is 94.0 Å². The van der Waals surface area contributed by atoms with Crippen LogP contribution in [0.1, 0.15) is 12.5 Å². The van der Waals surface area contributed by atoms with E-state index in [0.717, 1.165) is 28.2 Å². The number of hydrogen-bond donors (Lipinski definition) is 1. The molecular formula is C18H16N4O3S4. The molecule has 11 heteroatoms. The van der Waals surface area contributed by atoms with Gasteiger partial charge in [-0.15, -0.1) is 10.2 Å². The number of nitrogens with one attached hydrogen (secondary N) is 1. The van der Waals surface area contributed by atoms with Crippen LogP contribution in [0.15, 0.2) is 62.6 Å². The van der Waals surface area contributed by atoms with Crippen LogP contribution in [0.4, 0.5) is 5.13 Å². The highest BCUT2D eigenvalue weighted by Gasteiger charge is 2.19. The molecule has 0 bridgehead atoms. The van der Waals surface area contributed by atoms with E-state index >= 15 is 0 Å². The largest absolute Gasteiger partial charge is 0.308 e. The summed E-state index contributed by atoms with van der Waals surface area (Å²) >= 11 is 3.72. The number of aryl methyl sites for hydroxylation is 1. The SMILES string of the molecule is CCn1c(=O)sc2cc(S(=O)(=O)Nc3nnc(SCc4ccccc4)s3)ccc21. The lowest BCUT2D eigenvalue weighted by Crippen LogP contribution is -2.13. The lowest BCUT2D eigenvalue weighted by atomic mass is 10.2. The average molecular weight is 465 g/mol. The number of benzene rings is 2. The first-order valence-electron chi connectivity index (χ1n) is 8.63. The molecule has 0 radical (unpaired) electrons. The zero-order valence-electron chi connectivity index (χ0n) is 15.2. The number of sulfonamides is 1. The number of anilines is 1. The van der Waals surface area contributed by atoms with E-state index in [1.807, 2.05) is 37.3 Å². The van der Waals surface area contributed by atoms with Crippen LogP contribution < -0.4 is 9.60 Å². The summed E-state index contributed by atoms with van der Waals surface area (Å²) in [5.41, 5.74) is 1.89. The van der Waals surface area contributed by atoms with Crippen molar-refractivity contribution in [3.8, 4) is 0 Å². The molecule has 0 spiro atoms. The Hall–Kier alpha value is -2.21. The number of rotatable bonds is 7. The average Bonchev–Trinajstić information content (AvgIpc) is 3.28. The second-order valence-electron chi connectivity index (χ2n) is 5.99. The lowest BCUT2D eigenvalue weighted by molar-refractivity contribution is 0.601. The quantitative estimate of drug-likeness (QED) is 0.415. The Labute approximate surface area is 179 Å². The first-order valence-corrected chi connectivity index (χ1v) is 12.7. The van der Waals surface area contributed by atoms with E-state index in [1.165, 1.54) is 35.2 Å². The number of aromatic nitrogens is 3. The molecule has 2 aromatic heterocycles. The summed E-state index contributed by atoms with van der Waals surface area (Å²) in [6.45, 7) is 2.42. The third kappa shape index (κ3) is 4.37. The van der Waals surface area contributed by atoms with E-state index < -0.39 is 10.0 Å². The van der Waals surface area contributed by atoms with Crippen molar-refractivity contribution in [2.24, 2.45) is 0 Å². The van der Waals surface area contributed by atoms with Crippen LogP contribution in [0.5, 0.6) is 0 Å². The maximum Gasteiger partial charge on any atom is 0.308 e. The maximum absolute atomic E-state index is 12.7. The van der Waals surface area contributed by atoms with E-state index in [-0.39, 0.29) is 14.9 Å². The Balaban J connectivity index is 1.51. The minimum atomic E-state index is -3.82. The minimum Gasteiger partial charge on any atom is -0.299 e. The zero-order chi connectivity index (χ0) is 20.4. The Morgan fingerprint density at radius 2 is 1.90 bits per heavy atom. The fourth-order valence-electron chi connectivity index (χ4n) is 2.72. The smallest absolute Gasteiger partial charge is 0.299 e. The normalized spacial score (nSPS) is 11.8. The summed E-state index contributed by atoms with van der Waals surface area (Å²) in [6.07, 6.45) is 0. The highest BCUT2D eigenvalue weighted by Crippen LogP contribution is 2.30. The van der Waals surface area contributed by atoms with Crippen LogP contribution in [0.2, 0.25) is 0 Å². The molecule has 0 saturated heterocycles. The van der Waals surface area contributed by atoms with E-state index in [9.17, 15) is 13.2 Å². The summed E-state index contributed by atoms with van der Waals surface area (Å²) in [4.78, 5) is 12.0. The van der Waals surface area contributed by atoms with Gasteiger partial charge in [-0.25, -0.2) is 8.42 Å². The molecular weight excluding hydrogens is 448 g/mol. The van der Waals surface area contributed by atoms with Gasteiger partial charge in [-0.1, -0.05) is 64.8 Å². The molecule has 29 heavy (non-hydrogen) atoms. The predicted molar refractivity (Wildman–Crippen MR) is 118 cm³/mol. The van der Waals surface area contributed by atoms with Crippen LogP contribution in [-0.4, -0.2) is 23.2 Å². The van der Waals surface area contributed by atoms with Gasteiger partial charge in [0.1, 0.15) is 0 Å². The molecule has 150 valence electrons. The summed E-state index contributed by atoms with van der Waals surface area (Å²) in [6, 6.07) is 14.6. The van der Waals surface area contributed by atoms with Gasteiger partial charge in [0, 0.05) is 12.3 Å². The van der Waals surface area contributed by atoms with E-state index in [0.29, 0.717) is 15.6 Å². The summed E-state index contributed by atoms with van der Waals surface area (Å²) in [7, 11) is -3.82. The highest BCUT2D eigenvalue weighted by molar-refractivity contribution is 8.00. The van der Waals surface area contributed by atoms with Gasteiger partial charge in [0.15, 0.2) is 4.34 Å². The number of nitrogens with zero attached hydrogens (tertiary/aromatic N) is 3. The molecule has 0 fully saturated rings. The summed E-state index contributed by atoms with van der Waals surface area (Å²) in [5.74, 6) is 0.728. The molecule has 0 aliphatic carbocycles. The first-order chi connectivity index (χ1) is 14.0. The van der Waals surface area contributed by atoms with Gasteiger partial charge >= 0.3 is 4.87 Å². The van der Waals surface area contributed by atoms with Gasteiger partial charge in [-0.3, -0.25) is 14.1 Å². The molecule has 2 aromatic carbocycles. The van der Waals surface area contributed by atoms with Gasteiger partial charge in [0.05, 0.1) is 15.1 Å². The molecule has 0 amide bonds. The third-order valence-electron chi connectivity index (χ3n) is 4.10. The van der Waals surface area contributed by atoms with E-state index in [1.54, 1.807) is 10.6 Å². The van der Waals surface area contributed by atoms with Crippen molar-refractivity contribution < 1.29 is 8.42 Å². The summed E-state index contributed by atoms with van der Waals surface area (Å²) < 4.78 is 30.9. The van der Waals surface area contributed by atoms with Crippen LogP contribution in [0, 0.1) is 0 Å². The number of thioether (sulfide) groups is 1. The van der Waals surface area contributed by atoms with Gasteiger partial charge in [0.2, 0.25) is 5.13 Å². The monoisotopic (exact) mass is 464 g/mol. The van der Waals surface area contributed by atoms with Crippen molar-refractivity contribution in [2.75, 3.05) is 4.72 Å². The van der Waals surface area contributed by atoms with Crippen molar-refractivity contribution in [1.82, 2.24) is 14.8 Å². The van der Waals surface area contributed by atoms with Crippen molar-refractivity contribution in [2.45, 2.75) is 28.5 Å². The molecule has 0 saturated carbocycles. The molecule has 4 aromatic rings. The maximum atomic E-state index is 12.7. The number of hydrogen-bond acceptors (Lipinski definition) is 8. The molecule has 2 heterocycles. The second kappa shape index (κ2) is 8.27. The van der Waals surface area contributed by atoms with Crippen LogP contribution >= 0.6 is 34.4 Å². The molecule has 0 atom stereocenters. The number of thiazole rings is 1. The van der Waals surface area contributed by atoms with Gasteiger partial charge in [-0.05, 0) is 30.7 Å². The molecule has 0 unspecified atom stereocenters. The highest BCUT2D eigenvalue weighted by atomic mass is 32.2. The second-order valence-corrected chi connectivity index (χ2v) is 10.9. The first kappa shape index (κ1) is 20.1. The third-order valence-corrected chi connectivity index (χ3v) is 8.55. The fraction of sp³-hybridized carbons (Fsp3) is 0.167. The van der Waals surface area contributed by atoms with E-state index in [4.69, 9.17) is 0 Å². The molecule has 0 aliphatic heterocycles. The number of fused-ring (bicyclic) bond motifs is 1. The van der Waals surface area contributed by atoms with E-state index in [2.05, 4.69) is 14.9 Å². The molecule has 4 rings (SSSR count). The van der Waals surface area contributed by atoms with Crippen molar-refractivity contribution in [1.29, 1.82) is 0 Å². The van der Waals surface area contributed by atoms with Gasteiger partial charge < -0.3 is 0 Å². The Morgan fingerprint density at radius 1 is 1.10 bits per heavy atom. The lowest BCUT2D eigenvalue weighted by Gasteiger charge is -2.05. The zero-order valence-corrected chi connectivity index (χ0v) is 18.5. The Kier molecular flexibility index (Phi) is 5.72. The Morgan fingerprint density at radius 3 is 2.66 bits per heavy atom. The minimum absolute atomic E-state index is 0.0863. The predicted octanol–water partition coefficient (Wildman–Crippen LogP) is 4.03. The van der Waals surface area contributed by atoms with Crippen molar-refractivity contribution in [3.63, 3.8) is 0 Å². The van der Waals surface area contributed by atoms with Crippen molar-refractivity contribution >= 4 is 59.8 Å². The fourth-order valence-corrected chi connectivity index (χ4v) is 6.75.